The van der Waals surface area contributed by atoms with E-state index in [0.717, 1.165) is 17.8 Å². The summed E-state index contributed by atoms with van der Waals surface area (Å²) >= 11 is 0. The summed E-state index contributed by atoms with van der Waals surface area (Å²) in [4.78, 5) is 2.55. The highest BCUT2D eigenvalue weighted by Crippen LogP contribution is 2.61. The van der Waals surface area contributed by atoms with E-state index in [-0.39, 0.29) is 10.8 Å². The molecule has 0 N–H and O–H groups in total. The first-order chi connectivity index (χ1) is 25.7. The van der Waals surface area contributed by atoms with Gasteiger partial charge in [-0.2, -0.15) is 0 Å². The highest BCUT2D eigenvalue weighted by atomic mass is 15.1. The smallest absolute Gasteiger partial charge is 0.0465 e. The molecule has 1 nitrogen and oxygen atoms in total. The van der Waals surface area contributed by atoms with Crippen LogP contribution < -0.4 is 4.90 Å². The van der Waals surface area contributed by atoms with E-state index in [1.165, 1.54) is 138 Å². The lowest BCUT2D eigenvalue weighted by Gasteiger charge is -2.57. The lowest BCUT2D eigenvalue weighted by atomic mass is 9.48. The van der Waals surface area contributed by atoms with Gasteiger partial charge in [-0.05, 0) is 185 Å². The molecule has 0 heterocycles. The molecule has 0 amide bonds. The molecule has 7 aliphatic carbocycles. The molecule has 0 aliphatic heterocycles. The van der Waals surface area contributed by atoms with Crippen molar-refractivity contribution in [2.75, 3.05) is 4.90 Å². The summed E-state index contributed by atoms with van der Waals surface area (Å²) in [5.41, 5.74) is 18.7. The van der Waals surface area contributed by atoms with E-state index in [2.05, 4.69) is 136 Å². The second-order valence-corrected chi connectivity index (χ2v) is 19.5. The van der Waals surface area contributed by atoms with Crippen molar-refractivity contribution < 1.29 is 0 Å². The maximum Gasteiger partial charge on any atom is 0.0465 e. The summed E-state index contributed by atoms with van der Waals surface area (Å²) in [5.74, 6) is 3.59. The van der Waals surface area contributed by atoms with Crippen LogP contribution in [0, 0.1) is 17.8 Å². The Morgan fingerprint density at radius 2 is 0.981 bits per heavy atom. The number of hydrogen-bond acceptors (Lipinski definition) is 1. The van der Waals surface area contributed by atoms with Gasteiger partial charge in [0.1, 0.15) is 0 Å². The fourth-order valence-electron chi connectivity index (χ4n) is 13.3. The van der Waals surface area contributed by atoms with Gasteiger partial charge in [-0.15, -0.1) is 0 Å². The molecule has 5 aromatic rings. The monoisotopic (exact) mass is 693 g/mol. The number of nitrogens with zero attached hydrogens (tertiary/aromatic N) is 1. The fourth-order valence-corrected chi connectivity index (χ4v) is 13.3. The SMILES string of the molecule is CC1(C)c2ccccc2-c2cc3c(cc21)-c1ccc(N(c2ccc(C4CCCCC4)cc2)c2ccc(C45CC6CC(CC(C6)C4)C5)cc2)cc1C3(C)C. The van der Waals surface area contributed by atoms with Crippen LogP contribution in [-0.2, 0) is 16.2 Å². The molecule has 0 radical (unpaired) electrons. The third-order valence-corrected chi connectivity index (χ3v) is 15.6. The van der Waals surface area contributed by atoms with Crippen LogP contribution in [0.25, 0.3) is 22.3 Å². The van der Waals surface area contributed by atoms with Gasteiger partial charge in [0.25, 0.3) is 0 Å². The minimum atomic E-state index is -0.101. The second kappa shape index (κ2) is 11.5. The van der Waals surface area contributed by atoms with Crippen LogP contribution in [0.4, 0.5) is 17.1 Å². The van der Waals surface area contributed by atoms with Crippen molar-refractivity contribution in [3.8, 4) is 22.3 Å². The minimum absolute atomic E-state index is 0.00326. The molecule has 5 fully saturated rings. The van der Waals surface area contributed by atoms with Crippen LogP contribution in [-0.4, -0.2) is 0 Å². The summed E-state index contributed by atoms with van der Waals surface area (Å²) in [6.07, 6.45) is 15.5. The summed E-state index contributed by atoms with van der Waals surface area (Å²) in [6, 6.07) is 41.2. The lowest BCUT2D eigenvalue weighted by Crippen LogP contribution is -2.48. The van der Waals surface area contributed by atoms with Gasteiger partial charge >= 0.3 is 0 Å². The third kappa shape index (κ3) is 4.81. The molecule has 268 valence electrons. The van der Waals surface area contributed by atoms with Crippen LogP contribution >= 0.6 is 0 Å². The number of benzene rings is 5. The standard InChI is InChI=1S/C52H55N/c1-50(2)46-13-9-8-12-42(46)44-28-49-45(29-48(44)50)43-23-22-41(27-47(43)51(49,3)4)53(39-18-14-37(15-19-39)36-10-6-5-7-11-36)40-20-16-38(17-21-40)52-30-33-24-34(31-52)26-35(25-33)32-52/h8-9,12-23,27-29,33-36H,5-7,10-11,24-26,30-32H2,1-4H3. The van der Waals surface area contributed by atoms with Crippen molar-refractivity contribution in [2.24, 2.45) is 17.8 Å². The Labute approximate surface area is 317 Å². The second-order valence-electron chi connectivity index (χ2n) is 19.5. The summed E-state index contributed by atoms with van der Waals surface area (Å²) in [7, 11) is 0. The average Bonchev–Trinajstić information content (AvgIpc) is 3.53. The number of rotatable bonds is 5. The summed E-state index contributed by atoms with van der Waals surface area (Å²) in [6.45, 7) is 9.70. The Morgan fingerprint density at radius 1 is 0.472 bits per heavy atom. The molecule has 7 aliphatic rings. The van der Waals surface area contributed by atoms with Crippen LogP contribution in [0.3, 0.4) is 0 Å². The summed E-state index contributed by atoms with van der Waals surface area (Å²) < 4.78 is 0. The number of hydrogen-bond donors (Lipinski definition) is 0. The van der Waals surface area contributed by atoms with Crippen molar-refractivity contribution in [3.63, 3.8) is 0 Å². The van der Waals surface area contributed by atoms with Crippen molar-refractivity contribution >= 4 is 17.1 Å². The molecule has 5 saturated carbocycles. The molecule has 53 heavy (non-hydrogen) atoms. The van der Waals surface area contributed by atoms with Crippen LogP contribution in [0.1, 0.15) is 138 Å². The molecular weight excluding hydrogens is 639 g/mol. The predicted octanol–water partition coefficient (Wildman–Crippen LogP) is 14.3. The first-order valence-corrected chi connectivity index (χ1v) is 21.1. The third-order valence-electron chi connectivity index (χ3n) is 15.6. The van der Waals surface area contributed by atoms with E-state index in [9.17, 15) is 0 Å². The van der Waals surface area contributed by atoms with Gasteiger partial charge in [0, 0.05) is 27.9 Å². The molecule has 0 unspecified atom stereocenters. The Balaban J connectivity index is 0.999. The molecule has 0 aromatic heterocycles. The van der Waals surface area contributed by atoms with E-state index in [4.69, 9.17) is 0 Å². The fraction of sp³-hybridized carbons (Fsp3) is 0.423. The zero-order valence-corrected chi connectivity index (χ0v) is 32.3. The molecule has 12 rings (SSSR count). The highest BCUT2D eigenvalue weighted by Gasteiger charge is 2.51. The molecular formula is C52H55N. The van der Waals surface area contributed by atoms with Gasteiger partial charge in [-0.25, -0.2) is 0 Å². The van der Waals surface area contributed by atoms with Crippen molar-refractivity contribution in [3.05, 3.63) is 137 Å². The van der Waals surface area contributed by atoms with E-state index in [1.807, 2.05) is 0 Å². The van der Waals surface area contributed by atoms with Gasteiger partial charge in [0.05, 0.1) is 0 Å². The molecule has 5 aromatic carbocycles. The van der Waals surface area contributed by atoms with E-state index < -0.39 is 0 Å². The first-order valence-electron chi connectivity index (χ1n) is 21.1. The van der Waals surface area contributed by atoms with Gasteiger partial charge in [-0.3, -0.25) is 0 Å². The van der Waals surface area contributed by atoms with E-state index in [1.54, 1.807) is 5.56 Å². The zero-order chi connectivity index (χ0) is 35.7. The Bertz CT molecular complexity index is 2210. The van der Waals surface area contributed by atoms with Crippen molar-refractivity contribution in [1.29, 1.82) is 0 Å². The number of anilines is 3. The van der Waals surface area contributed by atoms with E-state index >= 15 is 0 Å². The normalized spacial score (nSPS) is 26.9. The largest absolute Gasteiger partial charge is 0.310 e. The molecule has 1 heteroatoms. The molecule has 0 saturated heterocycles. The topological polar surface area (TPSA) is 3.24 Å². The average molecular weight is 694 g/mol. The number of fused-ring (bicyclic) bond motifs is 6. The molecule has 4 bridgehead atoms. The van der Waals surface area contributed by atoms with Crippen molar-refractivity contribution in [2.45, 2.75) is 120 Å². The Kier molecular flexibility index (Phi) is 6.99. The van der Waals surface area contributed by atoms with E-state index in [0.29, 0.717) is 11.3 Å². The predicted molar refractivity (Wildman–Crippen MR) is 222 cm³/mol. The van der Waals surface area contributed by atoms with Gasteiger partial charge in [0.2, 0.25) is 0 Å². The minimum Gasteiger partial charge on any atom is -0.310 e. The van der Waals surface area contributed by atoms with Crippen LogP contribution in [0.5, 0.6) is 0 Å². The van der Waals surface area contributed by atoms with Gasteiger partial charge in [-0.1, -0.05) is 102 Å². The van der Waals surface area contributed by atoms with Crippen LogP contribution in [0.2, 0.25) is 0 Å². The van der Waals surface area contributed by atoms with Gasteiger partial charge < -0.3 is 4.90 Å². The van der Waals surface area contributed by atoms with Gasteiger partial charge in [0.15, 0.2) is 0 Å². The Morgan fingerprint density at radius 3 is 1.60 bits per heavy atom. The van der Waals surface area contributed by atoms with Crippen molar-refractivity contribution in [1.82, 2.24) is 0 Å². The summed E-state index contributed by atoms with van der Waals surface area (Å²) in [5, 5.41) is 0. The molecule has 0 atom stereocenters. The maximum absolute atomic E-state index is 2.55. The first kappa shape index (κ1) is 32.3. The maximum atomic E-state index is 2.55. The highest BCUT2D eigenvalue weighted by molar-refractivity contribution is 5.91. The zero-order valence-electron chi connectivity index (χ0n) is 32.3. The quantitative estimate of drug-likeness (QED) is 0.177. The molecule has 0 spiro atoms. The van der Waals surface area contributed by atoms with Crippen LogP contribution in [0.15, 0.2) is 103 Å². The lowest BCUT2D eigenvalue weighted by molar-refractivity contribution is -0.00518. The Hall–Kier alpha value is -4.10.